The van der Waals surface area contributed by atoms with Crippen LogP contribution in [0.2, 0.25) is 5.02 Å². The summed E-state index contributed by atoms with van der Waals surface area (Å²) in [7, 11) is -1.36. The smallest absolute Gasteiger partial charge is 0.266 e. The van der Waals surface area contributed by atoms with E-state index in [1.54, 1.807) is 0 Å². The number of rotatable bonds is 3. The lowest BCUT2D eigenvalue weighted by molar-refractivity contribution is -0.0258. The van der Waals surface area contributed by atoms with Gasteiger partial charge in [-0.2, -0.15) is 5.26 Å². The Morgan fingerprint density at radius 2 is 2.12 bits per heavy atom. The average Bonchev–Trinajstić information content (AvgIpc) is 2.28. The fourth-order valence-electron chi connectivity index (χ4n) is 1.01. The van der Waals surface area contributed by atoms with Crippen LogP contribution >= 0.6 is 11.6 Å². The number of benzene rings is 1. The van der Waals surface area contributed by atoms with E-state index in [1.165, 1.54) is 32.4 Å². The molecule has 0 atom stereocenters. The zero-order chi connectivity index (χ0) is 12.3. The maximum absolute atomic E-state index is 11.9. The zero-order valence-corrected chi connectivity index (χ0v) is 10.2. The third kappa shape index (κ3) is 2.33. The maximum atomic E-state index is 11.9. The van der Waals surface area contributed by atoms with Crippen LogP contribution in [0.4, 0.5) is 0 Å². The minimum absolute atomic E-state index is 0.0444. The normalized spacial score (nSPS) is 11.4. The van der Waals surface area contributed by atoms with Crippen LogP contribution in [-0.4, -0.2) is 27.0 Å². The van der Waals surface area contributed by atoms with Gasteiger partial charge in [-0.05, 0) is 18.2 Å². The van der Waals surface area contributed by atoms with E-state index in [4.69, 9.17) is 16.9 Å². The zero-order valence-electron chi connectivity index (χ0n) is 8.64. The van der Waals surface area contributed by atoms with E-state index in [-0.39, 0.29) is 15.5 Å². The molecule has 0 aliphatic rings. The van der Waals surface area contributed by atoms with Crippen molar-refractivity contribution in [1.29, 1.82) is 5.26 Å². The van der Waals surface area contributed by atoms with Crippen molar-refractivity contribution in [3.8, 4) is 6.07 Å². The molecule has 16 heavy (non-hydrogen) atoms. The predicted molar refractivity (Wildman–Crippen MR) is 58.1 cm³/mol. The molecule has 1 aromatic rings. The lowest BCUT2D eigenvalue weighted by Gasteiger charge is -2.14. The molecule has 0 N–H and O–H groups in total. The van der Waals surface area contributed by atoms with Crippen molar-refractivity contribution in [2.24, 2.45) is 0 Å². The summed E-state index contributed by atoms with van der Waals surface area (Å²) in [5.74, 6) is 0. The number of hydroxylamine groups is 1. The number of hydrogen-bond donors (Lipinski definition) is 0. The predicted octanol–water partition coefficient (Wildman–Crippen LogP) is 1.39. The molecule has 0 radical (unpaired) electrons. The van der Waals surface area contributed by atoms with Gasteiger partial charge in [-0.15, -0.1) is 0 Å². The van der Waals surface area contributed by atoms with E-state index in [2.05, 4.69) is 4.84 Å². The highest BCUT2D eigenvalue weighted by Gasteiger charge is 2.24. The summed E-state index contributed by atoms with van der Waals surface area (Å²) < 4.78 is 24.4. The summed E-state index contributed by atoms with van der Waals surface area (Å²) in [5.41, 5.74) is 0.215. The first kappa shape index (κ1) is 12.9. The Balaban J connectivity index is 3.39. The van der Waals surface area contributed by atoms with Gasteiger partial charge in [0.25, 0.3) is 10.0 Å². The molecule has 0 fully saturated rings. The molecule has 0 saturated carbocycles. The molecule has 0 unspecified atom stereocenters. The van der Waals surface area contributed by atoms with Crippen molar-refractivity contribution in [1.82, 2.24) is 4.47 Å². The third-order valence-electron chi connectivity index (χ3n) is 1.93. The SMILES string of the molecule is CON(C)S(=O)(=O)c1cc(C#N)ccc1Cl. The van der Waals surface area contributed by atoms with Crippen molar-refractivity contribution < 1.29 is 13.3 Å². The lowest BCUT2D eigenvalue weighted by atomic mass is 10.2. The van der Waals surface area contributed by atoms with Gasteiger partial charge in [-0.3, -0.25) is 4.84 Å². The van der Waals surface area contributed by atoms with E-state index in [9.17, 15) is 8.42 Å². The molecule has 1 aromatic carbocycles. The van der Waals surface area contributed by atoms with Gasteiger partial charge in [0.1, 0.15) is 4.90 Å². The fourth-order valence-corrected chi connectivity index (χ4v) is 2.48. The number of nitrogens with zero attached hydrogens (tertiary/aromatic N) is 2. The first-order valence-electron chi connectivity index (χ1n) is 4.16. The van der Waals surface area contributed by atoms with Gasteiger partial charge >= 0.3 is 0 Å². The highest BCUT2D eigenvalue weighted by molar-refractivity contribution is 7.89. The summed E-state index contributed by atoms with van der Waals surface area (Å²) in [6.45, 7) is 0. The second kappa shape index (κ2) is 4.80. The first-order chi connectivity index (χ1) is 7.43. The van der Waals surface area contributed by atoms with Gasteiger partial charge in [-0.1, -0.05) is 16.1 Å². The lowest BCUT2D eigenvalue weighted by Crippen LogP contribution is -2.26. The molecule has 0 heterocycles. The molecule has 0 aromatic heterocycles. The van der Waals surface area contributed by atoms with E-state index in [0.717, 1.165) is 0 Å². The summed E-state index contributed by atoms with van der Waals surface area (Å²) >= 11 is 5.77. The fraction of sp³-hybridized carbons (Fsp3) is 0.222. The highest BCUT2D eigenvalue weighted by Crippen LogP contribution is 2.24. The minimum Gasteiger partial charge on any atom is -0.288 e. The Bertz CT molecular complexity index is 536. The van der Waals surface area contributed by atoms with Gasteiger partial charge in [0, 0.05) is 7.05 Å². The van der Waals surface area contributed by atoms with Crippen LogP contribution < -0.4 is 0 Å². The quantitative estimate of drug-likeness (QED) is 0.770. The van der Waals surface area contributed by atoms with Gasteiger partial charge < -0.3 is 0 Å². The molecular weight excluding hydrogens is 252 g/mol. The Hall–Kier alpha value is -1.13. The standard InChI is InChI=1S/C9H9ClN2O3S/c1-12(15-2)16(13,14)9-5-7(6-11)3-4-8(9)10/h3-5H,1-2H3. The van der Waals surface area contributed by atoms with Crippen molar-refractivity contribution in [2.75, 3.05) is 14.2 Å². The average molecular weight is 261 g/mol. The van der Waals surface area contributed by atoms with Crippen molar-refractivity contribution in [3.05, 3.63) is 28.8 Å². The second-order valence-corrected chi connectivity index (χ2v) is 5.17. The van der Waals surface area contributed by atoms with Crippen LogP contribution in [0.5, 0.6) is 0 Å². The molecule has 0 saturated heterocycles. The Labute approximate surface area is 98.8 Å². The number of nitriles is 1. The molecule has 0 amide bonds. The Morgan fingerprint density at radius 1 is 1.50 bits per heavy atom. The highest BCUT2D eigenvalue weighted by atomic mass is 35.5. The minimum atomic E-state index is -3.82. The van der Waals surface area contributed by atoms with Crippen LogP contribution in [0.3, 0.4) is 0 Å². The topological polar surface area (TPSA) is 70.4 Å². The van der Waals surface area contributed by atoms with Gasteiger partial charge in [-0.25, -0.2) is 8.42 Å². The molecule has 0 spiro atoms. The molecule has 1 rings (SSSR count). The first-order valence-corrected chi connectivity index (χ1v) is 5.98. The van der Waals surface area contributed by atoms with Gasteiger partial charge in [0.15, 0.2) is 0 Å². The van der Waals surface area contributed by atoms with Crippen LogP contribution in [0.25, 0.3) is 0 Å². The molecule has 0 bridgehead atoms. The largest absolute Gasteiger partial charge is 0.288 e. The number of halogens is 1. The van der Waals surface area contributed by atoms with Gasteiger partial charge in [0.2, 0.25) is 0 Å². The van der Waals surface area contributed by atoms with Crippen LogP contribution in [0.15, 0.2) is 23.1 Å². The van der Waals surface area contributed by atoms with E-state index in [0.29, 0.717) is 4.47 Å². The van der Waals surface area contributed by atoms with Gasteiger partial charge in [0.05, 0.1) is 23.8 Å². The molecule has 0 aliphatic heterocycles. The third-order valence-corrected chi connectivity index (χ3v) is 4.10. The van der Waals surface area contributed by atoms with Crippen LogP contribution in [0.1, 0.15) is 5.56 Å². The summed E-state index contributed by atoms with van der Waals surface area (Å²) in [5, 5.41) is 8.73. The molecular formula is C9H9ClN2O3S. The van der Waals surface area contributed by atoms with Crippen molar-refractivity contribution in [3.63, 3.8) is 0 Å². The Morgan fingerprint density at radius 3 is 2.62 bits per heavy atom. The van der Waals surface area contributed by atoms with E-state index >= 15 is 0 Å². The molecule has 7 heteroatoms. The Kier molecular flexibility index (Phi) is 3.88. The number of hydrogen-bond acceptors (Lipinski definition) is 4. The van der Waals surface area contributed by atoms with E-state index < -0.39 is 10.0 Å². The molecule has 86 valence electrons. The van der Waals surface area contributed by atoms with Crippen LogP contribution in [0, 0.1) is 11.3 Å². The summed E-state index contributed by atoms with van der Waals surface area (Å²) in [6, 6.07) is 5.84. The monoisotopic (exact) mass is 260 g/mol. The van der Waals surface area contributed by atoms with E-state index in [1.807, 2.05) is 6.07 Å². The van der Waals surface area contributed by atoms with Crippen LogP contribution in [-0.2, 0) is 14.9 Å². The van der Waals surface area contributed by atoms with Crippen molar-refractivity contribution >= 4 is 21.6 Å². The molecule has 0 aliphatic carbocycles. The molecule has 5 nitrogen and oxygen atoms in total. The maximum Gasteiger partial charge on any atom is 0.266 e. The second-order valence-electron chi connectivity index (χ2n) is 2.85. The van der Waals surface area contributed by atoms with Crippen molar-refractivity contribution in [2.45, 2.75) is 4.90 Å². The summed E-state index contributed by atoms with van der Waals surface area (Å²) in [6.07, 6.45) is 0. The number of sulfonamides is 1. The summed E-state index contributed by atoms with van der Waals surface area (Å²) in [4.78, 5) is 4.45.